The predicted octanol–water partition coefficient (Wildman–Crippen LogP) is 3.18. The lowest BCUT2D eigenvalue weighted by Crippen LogP contribution is -2.27. The fourth-order valence-electron chi connectivity index (χ4n) is 2.14. The van der Waals surface area contributed by atoms with Gasteiger partial charge in [0.25, 0.3) is 0 Å². The zero-order valence-electron chi connectivity index (χ0n) is 12.6. The summed E-state index contributed by atoms with van der Waals surface area (Å²) in [4.78, 5) is 0.166. The molecule has 0 radical (unpaired) electrons. The molecule has 4 nitrogen and oxygen atoms in total. The van der Waals surface area contributed by atoms with E-state index in [9.17, 15) is 12.8 Å². The number of sulfonamides is 1. The lowest BCUT2D eigenvalue weighted by atomic mass is 10.1. The summed E-state index contributed by atoms with van der Waals surface area (Å²) < 4.78 is 45.4. The number of methoxy groups -OCH3 is 1. The number of halogens is 1. The summed E-state index contributed by atoms with van der Waals surface area (Å²) in [7, 11) is -2.13. The third-order valence-electron chi connectivity index (χ3n) is 3.38. The fourth-order valence-corrected chi connectivity index (χ4v) is 3.46. The lowest BCUT2D eigenvalue weighted by molar-refractivity contribution is 0.411. The van der Waals surface area contributed by atoms with Crippen molar-refractivity contribution in [1.29, 1.82) is 0 Å². The van der Waals surface area contributed by atoms with Crippen molar-refractivity contribution in [3.05, 3.63) is 59.4 Å². The van der Waals surface area contributed by atoms with Gasteiger partial charge in [0.05, 0.1) is 12.0 Å². The number of rotatable bonds is 5. The van der Waals surface area contributed by atoms with Gasteiger partial charge in [-0.25, -0.2) is 17.5 Å². The molecular formula is C16H18FNO3S. The van der Waals surface area contributed by atoms with Gasteiger partial charge in [0.1, 0.15) is 11.6 Å². The first-order valence-electron chi connectivity index (χ1n) is 6.76. The summed E-state index contributed by atoms with van der Waals surface area (Å²) in [5.41, 5.74) is 1.43. The molecule has 118 valence electrons. The van der Waals surface area contributed by atoms with E-state index in [1.807, 2.05) is 0 Å². The second-order valence-electron chi connectivity index (χ2n) is 5.03. The highest BCUT2D eigenvalue weighted by Crippen LogP contribution is 2.23. The van der Waals surface area contributed by atoms with E-state index in [1.54, 1.807) is 38.1 Å². The Labute approximate surface area is 130 Å². The van der Waals surface area contributed by atoms with Crippen LogP contribution in [0.3, 0.4) is 0 Å². The van der Waals surface area contributed by atoms with Gasteiger partial charge in [-0.05, 0) is 55.3 Å². The van der Waals surface area contributed by atoms with Gasteiger partial charge in [0, 0.05) is 6.04 Å². The summed E-state index contributed by atoms with van der Waals surface area (Å²) in [6, 6.07) is 9.92. The standard InChI is InChI=1S/C16H18FNO3S/c1-11-10-15(8-9-16(11)21-3)22(19,20)18-12(2)13-4-6-14(17)7-5-13/h4-10,12,18H,1-3H3/t12-/m1/s1. The Morgan fingerprint density at radius 1 is 1.14 bits per heavy atom. The van der Waals surface area contributed by atoms with E-state index >= 15 is 0 Å². The van der Waals surface area contributed by atoms with E-state index in [2.05, 4.69) is 4.72 Å². The second-order valence-corrected chi connectivity index (χ2v) is 6.74. The minimum Gasteiger partial charge on any atom is -0.496 e. The summed E-state index contributed by atoms with van der Waals surface area (Å²) in [6.45, 7) is 3.49. The fraction of sp³-hybridized carbons (Fsp3) is 0.250. The molecule has 0 saturated carbocycles. The molecule has 1 atom stereocenters. The van der Waals surface area contributed by atoms with Crippen LogP contribution in [-0.4, -0.2) is 15.5 Å². The molecule has 22 heavy (non-hydrogen) atoms. The van der Waals surface area contributed by atoms with Crippen LogP contribution < -0.4 is 9.46 Å². The Morgan fingerprint density at radius 2 is 1.77 bits per heavy atom. The predicted molar refractivity (Wildman–Crippen MR) is 82.9 cm³/mol. The van der Waals surface area contributed by atoms with Gasteiger partial charge in [-0.3, -0.25) is 0 Å². The first-order chi connectivity index (χ1) is 10.3. The Bertz CT molecular complexity index is 757. The maximum absolute atomic E-state index is 12.9. The Kier molecular flexibility index (Phi) is 4.83. The van der Waals surface area contributed by atoms with Crippen LogP contribution >= 0.6 is 0 Å². The number of hydrogen-bond donors (Lipinski definition) is 1. The number of benzene rings is 2. The summed E-state index contributed by atoms with van der Waals surface area (Å²) in [5.74, 6) is 0.273. The molecule has 0 fully saturated rings. The number of ether oxygens (including phenoxy) is 1. The van der Waals surface area contributed by atoms with Crippen molar-refractivity contribution in [2.75, 3.05) is 7.11 Å². The first-order valence-corrected chi connectivity index (χ1v) is 8.24. The molecule has 2 aromatic carbocycles. The van der Waals surface area contributed by atoms with Crippen molar-refractivity contribution < 1.29 is 17.5 Å². The van der Waals surface area contributed by atoms with E-state index in [0.717, 1.165) is 5.56 Å². The molecular weight excluding hydrogens is 305 g/mol. The highest BCUT2D eigenvalue weighted by atomic mass is 32.2. The molecule has 1 N–H and O–H groups in total. The molecule has 0 aliphatic rings. The van der Waals surface area contributed by atoms with Crippen molar-refractivity contribution in [3.8, 4) is 5.75 Å². The molecule has 0 unspecified atom stereocenters. The number of hydrogen-bond acceptors (Lipinski definition) is 3. The van der Waals surface area contributed by atoms with E-state index in [4.69, 9.17) is 4.74 Å². The van der Waals surface area contributed by atoms with Gasteiger partial charge in [-0.2, -0.15) is 0 Å². The zero-order valence-corrected chi connectivity index (χ0v) is 13.4. The maximum Gasteiger partial charge on any atom is 0.241 e. The lowest BCUT2D eigenvalue weighted by Gasteiger charge is -2.15. The van der Waals surface area contributed by atoms with Gasteiger partial charge in [-0.15, -0.1) is 0 Å². The van der Waals surface area contributed by atoms with Crippen LogP contribution in [0.1, 0.15) is 24.1 Å². The number of aryl methyl sites for hydroxylation is 1. The third kappa shape index (κ3) is 3.64. The molecule has 2 aromatic rings. The highest BCUT2D eigenvalue weighted by molar-refractivity contribution is 7.89. The third-order valence-corrected chi connectivity index (χ3v) is 4.92. The second kappa shape index (κ2) is 6.46. The molecule has 0 aromatic heterocycles. The van der Waals surface area contributed by atoms with E-state index < -0.39 is 16.1 Å². The van der Waals surface area contributed by atoms with Gasteiger partial charge in [0.2, 0.25) is 10.0 Å². The van der Waals surface area contributed by atoms with Gasteiger partial charge >= 0.3 is 0 Å². The van der Waals surface area contributed by atoms with Crippen molar-refractivity contribution in [2.24, 2.45) is 0 Å². The quantitative estimate of drug-likeness (QED) is 0.919. The van der Waals surface area contributed by atoms with E-state index in [1.165, 1.54) is 25.3 Å². The van der Waals surface area contributed by atoms with Gasteiger partial charge < -0.3 is 4.74 Å². The average Bonchev–Trinajstić information content (AvgIpc) is 2.47. The molecule has 0 amide bonds. The summed E-state index contributed by atoms with van der Waals surface area (Å²) in [6.07, 6.45) is 0. The Balaban J connectivity index is 2.23. The van der Waals surface area contributed by atoms with Crippen LogP contribution in [0.25, 0.3) is 0 Å². The van der Waals surface area contributed by atoms with Gasteiger partial charge in [0.15, 0.2) is 0 Å². The van der Waals surface area contributed by atoms with Crippen molar-refractivity contribution in [3.63, 3.8) is 0 Å². The molecule has 0 aliphatic heterocycles. The SMILES string of the molecule is COc1ccc(S(=O)(=O)N[C@H](C)c2ccc(F)cc2)cc1C. The smallest absolute Gasteiger partial charge is 0.241 e. The minimum atomic E-state index is -3.66. The minimum absolute atomic E-state index is 0.166. The van der Waals surface area contributed by atoms with Crippen LogP contribution in [0, 0.1) is 12.7 Å². The van der Waals surface area contributed by atoms with Crippen LogP contribution in [0.15, 0.2) is 47.4 Å². The summed E-state index contributed by atoms with van der Waals surface area (Å²) in [5, 5.41) is 0. The van der Waals surface area contributed by atoms with Crippen LogP contribution in [0.2, 0.25) is 0 Å². The molecule has 0 spiro atoms. The average molecular weight is 323 g/mol. The van der Waals surface area contributed by atoms with Crippen LogP contribution in [0.4, 0.5) is 4.39 Å². The topological polar surface area (TPSA) is 55.4 Å². The highest BCUT2D eigenvalue weighted by Gasteiger charge is 2.19. The maximum atomic E-state index is 12.9. The Morgan fingerprint density at radius 3 is 2.32 bits per heavy atom. The van der Waals surface area contributed by atoms with Crippen molar-refractivity contribution >= 4 is 10.0 Å². The van der Waals surface area contributed by atoms with Crippen LogP contribution in [-0.2, 0) is 10.0 Å². The zero-order chi connectivity index (χ0) is 16.3. The molecule has 0 saturated heterocycles. The summed E-state index contributed by atoms with van der Waals surface area (Å²) >= 11 is 0. The molecule has 0 bridgehead atoms. The molecule has 6 heteroatoms. The van der Waals surface area contributed by atoms with E-state index in [-0.39, 0.29) is 10.7 Å². The monoisotopic (exact) mass is 323 g/mol. The molecule has 0 aliphatic carbocycles. The van der Waals surface area contributed by atoms with Crippen molar-refractivity contribution in [2.45, 2.75) is 24.8 Å². The largest absolute Gasteiger partial charge is 0.496 e. The molecule has 0 heterocycles. The number of nitrogens with one attached hydrogen (secondary N) is 1. The first kappa shape index (κ1) is 16.5. The van der Waals surface area contributed by atoms with Crippen molar-refractivity contribution in [1.82, 2.24) is 4.72 Å². The molecule has 2 rings (SSSR count). The normalized spacial score (nSPS) is 12.9. The van der Waals surface area contributed by atoms with Crippen LogP contribution in [0.5, 0.6) is 5.75 Å². The Hall–Kier alpha value is -1.92. The van der Waals surface area contributed by atoms with Gasteiger partial charge in [-0.1, -0.05) is 12.1 Å². The van der Waals surface area contributed by atoms with E-state index in [0.29, 0.717) is 11.3 Å².